The molecule has 0 aliphatic rings. The minimum atomic E-state index is 0.624. The standard InChI is InChI=1S/C21H23ClN4O/c1-5-26(17-8-6-7-14(2)11-17)21-23-15(3)12-20(25-21)24-18-13-16(22)9-10-19(18)27-4/h6-13H,5H2,1-4H3,(H,23,24,25). The van der Waals surface area contributed by atoms with E-state index < -0.39 is 0 Å². The summed E-state index contributed by atoms with van der Waals surface area (Å²) in [6.45, 7) is 6.87. The molecule has 0 saturated heterocycles. The van der Waals surface area contributed by atoms with Crippen molar-refractivity contribution in [1.29, 1.82) is 0 Å². The Balaban J connectivity index is 1.98. The average Bonchev–Trinajstić information content (AvgIpc) is 2.62. The molecular weight excluding hydrogens is 360 g/mol. The third kappa shape index (κ3) is 4.49. The zero-order valence-corrected chi connectivity index (χ0v) is 16.7. The van der Waals surface area contributed by atoms with Gasteiger partial charge in [-0.25, -0.2) is 4.98 Å². The van der Waals surface area contributed by atoms with Crippen LogP contribution >= 0.6 is 11.6 Å². The molecule has 0 saturated carbocycles. The second-order valence-corrected chi connectivity index (χ2v) is 6.68. The summed E-state index contributed by atoms with van der Waals surface area (Å²) in [5.41, 5.74) is 3.89. The first kappa shape index (κ1) is 19.0. The third-order valence-corrected chi connectivity index (χ3v) is 4.37. The summed E-state index contributed by atoms with van der Waals surface area (Å²) >= 11 is 6.13. The fourth-order valence-electron chi connectivity index (χ4n) is 2.89. The lowest BCUT2D eigenvalue weighted by Crippen LogP contribution is -2.19. The molecule has 5 nitrogen and oxygen atoms in total. The first-order valence-electron chi connectivity index (χ1n) is 8.80. The van der Waals surface area contributed by atoms with Gasteiger partial charge in [-0.15, -0.1) is 0 Å². The minimum absolute atomic E-state index is 0.624. The zero-order valence-electron chi connectivity index (χ0n) is 16.0. The second-order valence-electron chi connectivity index (χ2n) is 6.25. The SMILES string of the molecule is CCN(c1cccc(C)c1)c1nc(C)cc(Nc2cc(Cl)ccc2OC)n1. The van der Waals surface area contributed by atoms with E-state index >= 15 is 0 Å². The lowest BCUT2D eigenvalue weighted by atomic mass is 10.2. The second kappa shape index (κ2) is 8.27. The van der Waals surface area contributed by atoms with Crippen molar-refractivity contribution >= 4 is 34.7 Å². The van der Waals surface area contributed by atoms with Crippen molar-refractivity contribution in [2.45, 2.75) is 20.8 Å². The van der Waals surface area contributed by atoms with E-state index in [0.717, 1.165) is 23.6 Å². The van der Waals surface area contributed by atoms with Crippen molar-refractivity contribution in [3.8, 4) is 5.75 Å². The first-order valence-corrected chi connectivity index (χ1v) is 9.18. The van der Waals surface area contributed by atoms with Crippen LogP contribution in [0.5, 0.6) is 5.75 Å². The van der Waals surface area contributed by atoms with E-state index in [0.29, 0.717) is 22.5 Å². The third-order valence-electron chi connectivity index (χ3n) is 4.14. The molecule has 0 fully saturated rings. The highest BCUT2D eigenvalue weighted by atomic mass is 35.5. The van der Waals surface area contributed by atoms with E-state index in [2.05, 4.69) is 47.2 Å². The molecule has 6 heteroatoms. The fourth-order valence-corrected chi connectivity index (χ4v) is 3.06. The van der Waals surface area contributed by atoms with Gasteiger partial charge in [-0.2, -0.15) is 4.98 Å². The summed E-state index contributed by atoms with van der Waals surface area (Å²) in [4.78, 5) is 11.4. The number of hydrogen-bond acceptors (Lipinski definition) is 5. The highest BCUT2D eigenvalue weighted by Gasteiger charge is 2.13. The number of ether oxygens (including phenoxy) is 1. The number of nitrogens with one attached hydrogen (secondary N) is 1. The van der Waals surface area contributed by atoms with E-state index in [1.807, 2.05) is 31.2 Å². The topological polar surface area (TPSA) is 50.3 Å². The Kier molecular flexibility index (Phi) is 5.81. The van der Waals surface area contributed by atoms with Crippen molar-refractivity contribution in [1.82, 2.24) is 9.97 Å². The summed E-state index contributed by atoms with van der Waals surface area (Å²) in [5, 5.41) is 3.92. The molecule has 0 aliphatic carbocycles. The van der Waals surface area contributed by atoms with E-state index in [9.17, 15) is 0 Å². The molecule has 0 unspecified atom stereocenters. The van der Waals surface area contributed by atoms with Crippen molar-refractivity contribution in [3.05, 3.63) is 64.8 Å². The first-order chi connectivity index (χ1) is 13.0. The highest BCUT2D eigenvalue weighted by Crippen LogP contribution is 2.31. The monoisotopic (exact) mass is 382 g/mol. The Hall–Kier alpha value is -2.79. The lowest BCUT2D eigenvalue weighted by Gasteiger charge is -2.22. The van der Waals surface area contributed by atoms with Gasteiger partial charge in [0.05, 0.1) is 12.8 Å². The molecule has 140 valence electrons. The summed E-state index contributed by atoms with van der Waals surface area (Å²) in [6, 6.07) is 15.6. The van der Waals surface area contributed by atoms with Crippen molar-refractivity contribution in [2.75, 3.05) is 23.9 Å². The number of methoxy groups -OCH3 is 1. The van der Waals surface area contributed by atoms with Crippen LogP contribution in [0.2, 0.25) is 5.02 Å². The van der Waals surface area contributed by atoms with Gasteiger partial charge < -0.3 is 15.0 Å². The Morgan fingerprint density at radius 1 is 1.07 bits per heavy atom. The van der Waals surface area contributed by atoms with Crippen LogP contribution in [0.1, 0.15) is 18.2 Å². The van der Waals surface area contributed by atoms with Gasteiger partial charge in [0.15, 0.2) is 0 Å². The predicted molar refractivity (Wildman–Crippen MR) is 112 cm³/mol. The largest absolute Gasteiger partial charge is 0.495 e. The summed E-state index contributed by atoms with van der Waals surface area (Å²) in [6.07, 6.45) is 0. The molecule has 3 aromatic rings. The number of aryl methyl sites for hydroxylation is 2. The molecule has 1 heterocycles. The van der Waals surface area contributed by atoms with Crippen LogP contribution in [0.15, 0.2) is 48.5 Å². The average molecular weight is 383 g/mol. The van der Waals surface area contributed by atoms with Gasteiger partial charge in [-0.05, 0) is 56.7 Å². The van der Waals surface area contributed by atoms with Crippen LogP contribution < -0.4 is 15.0 Å². The quantitative estimate of drug-likeness (QED) is 0.596. The van der Waals surface area contributed by atoms with Gasteiger partial charge in [-0.1, -0.05) is 23.7 Å². The minimum Gasteiger partial charge on any atom is -0.495 e. The van der Waals surface area contributed by atoms with Gasteiger partial charge in [0.1, 0.15) is 11.6 Å². The molecule has 0 atom stereocenters. The maximum absolute atomic E-state index is 6.13. The van der Waals surface area contributed by atoms with Crippen LogP contribution in [-0.2, 0) is 0 Å². The number of anilines is 4. The summed E-state index contributed by atoms with van der Waals surface area (Å²) in [7, 11) is 1.63. The number of halogens is 1. The molecule has 2 aromatic carbocycles. The molecule has 3 rings (SSSR count). The molecule has 0 aliphatic heterocycles. The number of nitrogens with zero attached hydrogens (tertiary/aromatic N) is 3. The zero-order chi connectivity index (χ0) is 19.4. The van der Waals surface area contributed by atoms with E-state index in [4.69, 9.17) is 21.3 Å². The Labute approximate surface area is 165 Å². The number of rotatable bonds is 6. The Morgan fingerprint density at radius 3 is 2.59 bits per heavy atom. The predicted octanol–water partition coefficient (Wildman–Crippen LogP) is 5.66. The molecule has 0 radical (unpaired) electrons. The number of hydrogen-bond donors (Lipinski definition) is 1. The molecular formula is C21H23ClN4O. The normalized spacial score (nSPS) is 10.6. The van der Waals surface area contributed by atoms with Crippen molar-refractivity contribution in [2.24, 2.45) is 0 Å². The van der Waals surface area contributed by atoms with Crippen LogP contribution in [0.4, 0.5) is 23.1 Å². The maximum atomic E-state index is 6.13. The molecule has 1 N–H and O–H groups in total. The number of benzene rings is 2. The molecule has 0 bridgehead atoms. The van der Waals surface area contributed by atoms with Crippen LogP contribution in [0, 0.1) is 13.8 Å². The van der Waals surface area contributed by atoms with Crippen LogP contribution in [0.25, 0.3) is 0 Å². The van der Waals surface area contributed by atoms with E-state index in [1.54, 1.807) is 13.2 Å². The summed E-state index contributed by atoms with van der Waals surface area (Å²) < 4.78 is 5.41. The highest BCUT2D eigenvalue weighted by molar-refractivity contribution is 6.31. The van der Waals surface area contributed by atoms with Crippen molar-refractivity contribution < 1.29 is 4.74 Å². The van der Waals surface area contributed by atoms with Crippen LogP contribution in [0.3, 0.4) is 0 Å². The maximum Gasteiger partial charge on any atom is 0.232 e. The van der Waals surface area contributed by atoms with Gasteiger partial charge in [0.25, 0.3) is 0 Å². The van der Waals surface area contributed by atoms with Gasteiger partial charge in [0, 0.05) is 29.0 Å². The van der Waals surface area contributed by atoms with Crippen LogP contribution in [-0.4, -0.2) is 23.6 Å². The smallest absolute Gasteiger partial charge is 0.232 e. The van der Waals surface area contributed by atoms with Crippen molar-refractivity contribution in [3.63, 3.8) is 0 Å². The number of aromatic nitrogens is 2. The van der Waals surface area contributed by atoms with Gasteiger partial charge >= 0.3 is 0 Å². The van der Waals surface area contributed by atoms with E-state index in [-0.39, 0.29) is 0 Å². The van der Waals surface area contributed by atoms with E-state index in [1.165, 1.54) is 5.56 Å². The summed E-state index contributed by atoms with van der Waals surface area (Å²) in [5.74, 6) is 2.03. The molecule has 0 amide bonds. The molecule has 27 heavy (non-hydrogen) atoms. The Morgan fingerprint density at radius 2 is 1.89 bits per heavy atom. The fraction of sp³-hybridized carbons (Fsp3) is 0.238. The lowest BCUT2D eigenvalue weighted by molar-refractivity contribution is 0.417. The molecule has 1 aromatic heterocycles. The molecule has 0 spiro atoms. The Bertz CT molecular complexity index is 945. The van der Waals surface area contributed by atoms with Gasteiger partial charge in [-0.3, -0.25) is 0 Å². The van der Waals surface area contributed by atoms with Gasteiger partial charge in [0.2, 0.25) is 5.95 Å².